The van der Waals surface area contributed by atoms with Gasteiger partial charge >= 0.3 is 0 Å². The van der Waals surface area contributed by atoms with Crippen LogP contribution in [0.4, 0.5) is 0 Å². The second-order valence-corrected chi connectivity index (χ2v) is 2.38. The molecule has 0 bridgehead atoms. The minimum Gasteiger partial charge on any atom is -0.378 e. The minimum atomic E-state index is -0.736. The quantitative estimate of drug-likeness (QED) is 0.460. The van der Waals surface area contributed by atoms with Gasteiger partial charge in [0.2, 0.25) is 0 Å². The van der Waals surface area contributed by atoms with Crippen molar-refractivity contribution in [3.8, 4) is 12.3 Å². The molecule has 44 valence electrons. The molecule has 0 aromatic carbocycles. The van der Waals surface area contributed by atoms with Crippen LogP contribution in [0, 0.1) is 12.3 Å². The number of terminal acetylenes is 1. The summed E-state index contributed by atoms with van der Waals surface area (Å²) in [6.07, 6.45) is 8.83. The normalized spacial score (nSPS) is 25.0. The Morgan fingerprint density at radius 3 is 2.12 bits per heavy atom. The van der Waals surface area contributed by atoms with Gasteiger partial charge in [0, 0.05) is 0 Å². The van der Waals surface area contributed by atoms with E-state index in [0.29, 0.717) is 0 Å². The summed E-state index contributed by atoms with van der Waals surface area (Å²) in [6.45, 7) is 0. The lowest BCUT2D eigenvalue weighted by Crippen LogP contribution is -2.20. The van der Waals surface area contributed by atoms with Gasteiger partial charge in [0.15, 0.2) is 0 Å². The van der Waals surface area contributed by atoms with Crippen molar-refractivity contribution in [3.63, 3.8) is 0 Å². The highest BCUT2D eigenvalue weighted by Crippen LogP contribution is 2.27. The van der Waals surface area contributed by atoms with Crippen molar-refractivity contribution in [2.45, 2.75) is 31.3 Å². The fourth-order valence-corrected chi connectivity index (χ4v) is 1.10. The van der Waals surface area contributed by atoms with E-state index < -0.39 is 5.60 Å². The summed E-state index contributed by atoms with van der Waals surface area (Å²) in [5.74, 6) is 2.40. The molecule has 1 N–H and O–H groups in total. The lowest BCUT2D eigenvalue weighted by atomic mass is 10.1. The maximum Gasteiger partial charge on any atom is 0.125 e. The SMILES string of the molecule is C#CC1(O)CCCC1. The van der Waals surface area contributed by atoms with Crippen LogP contribution in [0.15, 0.2) is 0 Å². The molecule has 0 unspecified atom stereocenters. The molecular weight excluding hydrogens is 100 g/mol. The summed E-state index contributed by atoms with van der Waals surface area (Å²) in [5.41, 5.74) is -0.736. The van der Waals surface area contributed by atoms with E-state index in [1.165, 1.54) is 0 Å². The van der Waals surface area contributed by atoms with Crippen molar-refractivity contribution in [2.75, 3.05) is 0 Å². The molecule has 0 aromatic heterocycles. The maximum absolute atomic E-state index is 9.26. The van der Waals surface area contributed by atoms with E-state index in [1.54, 1.807) is 0 Å². The van der Waals surface area contributed by atoms with E-state index in [4.69, 9.17) is 6.42 Å². The Hall–Kier alpha value is -0.480. The van der Waals surface area contributed by atoms with Gasteiger partial charge in [-0.1, -0.05) is 5.92 Å². The van der Waals surface area contributed by atoms with Gasteiger partial charge < -0.3 is 5.11 Å². The molecule has 8 heavy (non-hydrogen) atoms. The molecule has 1 rings (SSSR count). The van der Waals surface area contributed by atoms with Crippen LogP contribution in [-0.4, -0.2) is 10.7 Å². The monoisotopic (exact) mass is 110 g/mol. The van der Waals surface area contributed by atoms with E-state index in [0.717, 1.165) is 25.7 Å². The lowest BCUT2D eigenvalue weighted by Gasteiger charge is -2.11. The lowest BCUT2D eigenvalue weighted by molar-refractivity contribution is 0.110. The van der Waals surface area contributed by atoms with Gasteiger partial charge in [0.25, 0.3) is 0 Å². The molecule has 0 spiro atoms. The van der Waals surface area contributed by atoms with Crippen molar-refractivity contribution in [1.82, 2.24) is 0 Å². The first-order chi connectivity index (χ1) is 3.77. The molecule has 0 amide bonds. The zero-order valence-electron chi connectivity index (χ0n) is 4.85. The van der Waals surface area contributed by atoms with Crippen molar-refractivity contribution < 1.29 is 5.11 Å². The third kappa shape index (κ3) is 0.850. The summed E-state index contributed by atoms with van der Waals surface area (Å²) in [7, 11) is 0. The molecule has 0 aliphatic heterocycles. The summed E-state index contributed by atoms with van der Waals surface area (Å²) >= 11 is 0. The van der Waals surface area contributed by atoms with Gasteiger partial charge in [0.1, 0.15) is 5.60 Å². The van der Waals surface area contributed by atoms with Crippen molar-refractivity contribution in [3.05, 3.63) is 0 Å². The molecule has 0 radical (unpaired) electrons. The minimum absolute atomic E-state index is 0.736. The summed E-state index contributed by atoms with van der Waals surface area (Å²) in [5, 5.41) is 9.26. The topological polar surface area (TPSA) is 20.2 Å². The summed E-state index contributed by atoms with van der Waals surface area (Å²) in [6, 6.07) is 0. The Morgan fingerprint density at radius 2 is 1.88 bits per heavy atom. The predicted octanol–water partition coefficient (Wildman–Crippen LogP) is 0.925. The van der Waals surface area contributed by atoms with E-state index in [1.807, 2.05) is 0 Å². The average molecular weight is 110 g/mol. The second kappa shape index (κ2) is 1.80. The molecule has 0 heterocycles. The molecular formula is C7H10O. The van der Waals surface area contributed by atoms with E-state index in [9.17, 15) is 5.11 Å². The molecule has 1 aliphatic rings. The predicted molar refractivity (Wildman–Crippen MR) is 32.3 cm³/mol. The number of hydrogen-bond donors (Lipinski definition) is 1. The van der Waals surface area contributed by atoms with Crippen molar-refractivity contribution in [1.29, 1.82) is 0 Å². The first kappa shape index (κ1) is 5.65. The average Bonchev–Trinajstić information content (AvgIpc) is 2.17. The van der Waals surface area contributed by atoms with Crippen LogP contribution < -0.4 is 0 Å². The molecule has 1 aliphatic carbocycles. The molecule has 0 atom stereocenters. The van der Waals surface area contributed by atoms with Crippen LogP contribution in [0.5, 0.6) is 0 Å². The molecule has 1 fully saturated rings. The third-order valence-electron chi connectivity index (χ3n) is 1.70. The van der Waals surface area contributed by atoms with Gasteiger partial charge in [-0.05, 0) is 25.7 Å². The maximum atomic E-state index is 9.26. The Labute approximate surface area is 49.7 Å². The van der Waals surface area contributed by atoms with Crippen LogP contribution in [-0.2, 0) is 0 Å². The van der Waals surface area contributed by atoms with E-state index >= 15 is 0 Å². The van der Waals surface area contributed by atoms with Crippen LogP contribution >= 0.6 is 0 Å². The third-order valence-corrected chi connectivity index (χ3v) is 1.70. The first-order valence-corrected chi connectivity index (χ1v) is 2.97. The molecule has 1 heteroatoms. The highest BCUT2D eigenvalue weighted by atomic mass is 16.3. The highest BCUT2D eigenvalue weighted by Gasteiger charge is 2.27. The zero-order chi connectivity index (χ0) is 6.04. The standard InChI is InChI=1S/C7H10O/c1-2-7(8)5-3-4-6-7/h1,8H,3-6H2. The largest absolute Gasteiger partial charge is 0.378 e. The Kier molecular flexibility index (Phi) is 1.27. The van der Waals surface area contributed by atoms with Gasteiger partial charge in [0.05, 0.1) is 0 Å². The van der Waals surface area contributed by atoms with Gasteiger partial charge in [-0.3, -0.25) is 0 Å². The van der Waals surface area contributed by atoms with Crippen LogP contribution in [0.25, 0.3) is 0 Å². The summed E-state index contributed by atoms with van der Waals surface area (Å²) in [4.78, 5) is 0. The first-order valence-electron chi connectivity index (χ1n) is 2.97. The fraction of sp³-hybridized carbons (Fsp3) is 0.714. The number of aliphatic hydroxyl groups is 1. The Morgan fingerprint density at radius 1 is 1.38 bits per heavy atom. The van der Waals surface area contributed by atoms with Crippen LogP contribution in [0.1, 0.15) is 25.7 Å². The molecule has 1 nitrogen and oxygen atoms in total. The van der Waals surface area contributed by atoms with E-state index in [-0.39, 0.29) is 0 Å². The van der Waals surface area contributed by atoms with Crippen molar-refractivity contribution in [2.24, 2.45) is 0 Å². The fourth-order valence-electron chi connectivity index (χ4n) is 1.10. The summed E-state index contributed by atoms with van der Waals surface area (Å²) < 4.78 is 0. The highest BCUT2D eigenvalue weighted by molar-refractivity contribution is 5.09. The molecule has 0 aromatic rings. The van der Waals surface area contributed by atoms with E-state index in [2.05, 4.69) is 5.92 Å². The van der Waals surface area contributed by atoms with Gasteiger partial charge in [-0.15, -0.1) is 6.42 Å². The van der Waals surface area contributed by atoms with Gasteiger partial charge in [-0.25, -0.2) is 0 Å². The second-order valence-electron chi connectivity index (χ2n) is 2.38. The van der Waals surface area contributed by atoms with Crippen LogP contribution in [0.2, 0.25) is 0 Å². The van der Waals surface area contributed by atoms with Crippen molar-refractivity contribution >= 4 is 0 Å². The number of hydrogen-bond acceptors (Lipinski definition) is 1. The van der Waals surface area contributed by atoms with Gasteiger partial charge in [-0.2, -0.15) is 0 Å². The zero-order valence-corrected chi connectivity index (χ0v) is 4.85. The molecule has 1 saturated carbocycles. The smallest absolute Gasteiger partial charge is 0.125 e. The Bertz CT molecular complexity index is 115. The number of rotatable bonds is 0. The Balaban J connectivity index is 2.56. The van der Waals surface area contributed by atoms with Crippen LogP contribution in [0.3, 0.4) is 0 Å². The molecule has 0 saturated heterocycles.